The molecule has 1 atom stereocenters. The lowest BCUT2D eigenvalue weighted by molar-refractivity contribution is -0.127. The number of likely N-dealkylation sites (N-methyl/N-ethyl adjacent to an activating group) is 1. The number of carbonyl (C=O) groups is 1. The molecular weight excluding hydrogens is 290 g/mol. The van der Waals surface area contributed by atoms with Gasteiger partial charge in [-0.15, -0.1) is 0 Å². The molecule has 6 heteroatoms. The van der Waals surface area contributed by atoms with Crippen LogP contribution in [-0.4, -0.2) is 73.5 Å². The topological polar surface area (TPSA) is 60.0 Å². The molecule has 3 rings (SSSR count). The van der Waals surface area contributed by atoms with Crippen molar-refractivity contribution in [1.29, 1.82) is 0 Å². The second-order valence-electron chi connectivity index (χ2n) is 7.43. The highest BCUT2D eigenvalue weighted by Gasteiger charge is 2.31. The quantitative estimate of drug-likeness (QED) is 0.581. The maximum atomic E-state index is 11.8. The maximum Gasteiger partial charge on any atom is 0.243 e. The number of amides is 1. The molecule has 2 aliphatic carbocycles. The van der Waals surface area contributed by atoms with Gasteiger partial charge in [0.15, 0.2) is 5.96 Å². The summed E-state index contributed by atoms with van der Waals surface area (Å²) in [5.74, 6) is 0.863. The number of nitrogens with one attached hydrogen (secondary N) is 2. The fourth-order valence-electron chi connectivity index (χ4n) is 3.54. The summed E-state index contributed by atoms with van der Waals surface area (Å²) in [6.45, 7) is 2.52. The Morgan fingerprint density at radius 2 is 1.78 bits per heavy atom. The van der Waals surface area contributed by atoms with Crippen LogP contribution >= 0.6 is 0 Å². The monoisotopic (exact) mass is 321 g/mol. The highest BCUT2D eigenvalue weighted by atomic mass is 16.2. The van der Waals surface area contributed by atoms with E-state index in [0.29, 0.717) is 12.1 Å². The Labute approximate surface area is 139 Å². The number of rotatable bonds is 5. The van der Waals surface area contributed by atoms with Crippen molar-refractivity contribution in [3.63, 3.8) is 0 Å². The van der Waals surface area contributed by atoms with Crippen molar-refractivity contribution in [2.75, 3.05) is 33.7 Å². The van der Waals surface area contributed by atoms with Gasteiger partial charge in [-0.3, -0.25) is 9.69 Å². The van der Waals surface area contributed by atoms with Crippen LogP contribution in [0.3, 0.4) is 0 Å². The van der Waals surface area contributed by atoms with Crippen molar-refractivity contribution < 1.29 is 4.79 Å². The van der Waals surface area contributed by atoms with Crippen LogP contribution in [0.2, 0.25) is 0 Å². The Morgan fingerprint density at radius 1 is 1.09 bits per heavy atom. The van der Waals surface area contributed by atoms with Crippen LogP contribution in [0.4, 0.5) is 0 Å². The van der Waals surface area contributed by atoms with E-state index in [2.05, 4.69) is 20.5 Å². The molecule has 1 unspecified atom stereocenters. The van der Waals surface area contributed by atoms with Crippen molar-refractivity contribution in [1.82, 2.24) is 20.4 Å². The van der Waals surface area contributed by atoms with E-state index in [1.807, 2.05) is 0 Å². The van der Waals surface area contributed by atoms with Gasteiger partial charge < -0.3 is 15.5 Å². The van der Waals surface area contributed by atoms with E-state index in [0.717, 1.165) is 18.5 Å². The number of hydrogen-bond acceptors (Lipinski definition) is 3. The average Bonchev–Trinajstić information content (AvgIpc) is 3.02. The summed E-state index contributed by atoms with van der Waals surface area (Å²) in [5.41, 5.74) is 0. The van der Waals surface area contributed by atoms with Crippen molar-refractivity contribution in [3.05, 3.63) is 0 Å². The van der Waals surface area contributed by atoms with Gasteiger partial charge >= 0.3 is 0 Å². The summed E-state index contributed by atoms with van der Waals surface area (Å²) in [6.07, 6.45) is 9.10. The highest BCUT2D eigenvalue weighted by Crippen LogP contribution is 2.26. The summed E-state index contributed by atoms with van der Waals surface area (Å²) < 4.78 is 0. The number of hydrogen-bond donors (Lipinski definition) is 2. The number of aliphatic imine (C=N–C) groups is 1. The minimum atomic E-state index is 0.0425. The Bertz CT molecular complexity index is 440. The van der Waals surface area contributed by atoms with Crippen molar-refractivity contribution in [3.8, 4) is 0 Å². The minimum absolute atomic E-state index is 0.0425. The van der Waals surface area contributed by atoms with Gasteiger partial charge in [-0.1, -0.05) is 12.8 Å². The fourth-order valence-corrected chi connectivity index (χ4v) is 3.54. The Kier molecular flexibility index (Phi) is 5.41. The molecule has 1 heterocycles. The molecule has 1 amide bonds. The normalized spacial score (nSPS) is 26.5. The third-order valence-electron chi connectivity index (χ3n) is 5.19. The second kappa shape index (κ2) is 7.51. The van der Waals surface area contributed by atoms with E-state index in [4.69, 9.17) is 0 Å². The zero-order chi connectivity index (χ0) is 16.2. The Balaban J connectivity index is 1.51. The molecule has 1 aliphatic heterocycles. The minimum Gasteiger partial charge on any atom is -0.354 e. The van der Waals surface area contributed by atoms with E-state index in [-0.39, 0.29) is 12.5 Å². The van der Waals surface area contributed by atoms with Crippen LogP contribution in [0.1, 0.15) is 44.9 Å². The molecule has 3 aliphatic rings. The van der Waals surface area contributed by atoms with Crippen LogP contribution < -0.4 is 10.6 Å². The SMILES string of the molecule is CN(C)C(=O)CN=C(NC1CC1)NC1CCN(C2CCCC2)C1. The van der Waals surface area contributed by atoms with E-state index in [9.17, 15) is 4.79 Å². The first-order valence-corrected chi connectivity index (χ1v) is 9.13. The number of carbonyl (C=O) groups excluding carboxylic acids is 1. The number of nitrogens with zero attached hydrogens (tertiary/aromatic N) is 3. The lowest BCUT2D eigenvalue weighted by atomic mass is 10.2. The van der Waals surface area contributed by atoms with E-state index >= 15 is 0 Å². The zero-order valence-electron chi connectivity index (χ0n) is 14.6. The maximum absolute atomic E-state index is 11.8. The van der Waals surface area contributed by atoms with Crippen LogP contribution in [0.5, 0.6) is 0 Å². The molecule has 23 heavy (non-hydrogen) atoms. The Morgan fingerprint density at radius 3 is 2.43 bits per heavy atom. The molecule has 6 nitrogen and oxygen atoms in total. The molecule has 0 aromatic heterocycles. The zero-order valence-corrected chi connectivity index (χ0v) is 14.6. The molecular formula is C17H31N5O. The van der Waals surface area contributed by atoms with Gasteiger partial charge in [0.1, 0.15) is 6.54 Å². The summed E-state index contributed by atoms with van der Waals surface area (Å²) in [6, 6.07) is 1.80. The summed E-state index contributed by atoms with van der Waals surface area (Å²) in [7, 11) is 3.55. The molecule has 2 N–H and O–H groups in total. The predicted octanol–water partition coefficient (Wildman–Crippen LogP) is 0.789. The van der Waals surface area contributed by atoms with Crippen LogP contribution in [0, 0.1) is 0 Å². The molecule has 0 spiro atoms. The van der Waals surface area contributed by atoms with Gasteiger partial charge in [-0.05, 0) is 32.1 Å². The predicted molar refractivity (Wildman–Crippen MR) is 92.5 cm³/mol. The summed E-state index contributed by atoms with van der Waals surface area (Å²) in [5, 5.41) is 7.01. The van der Waals surface area contributed by atoms with E-state index in [1.54, 1.807) is 19.0 Å². The molecule has 3 fully saturated rings. The fraction of sp³-hybridized carbons (Fsp3) is 0.882. The first-order valence-electron chi connectivity index (χ1n) is 9.13. The van der Waals surface area contributed by atoms with Gasteiger partial charge in [0.05, 0.1) is 0 Å². The van der Waals surface area contributed by atoms with E-state index < -0.39 is 0 Å². The van der Waals surface area contributed by atoms with Crippen molar-refractivity contribution in [2.24, 2.45) is 4.99 Å². The lowest BCUT2D eigenvalue weighted by Crippen LogP contribution is -2.46. The van der Waals surface area contributed by atoms with Crippen molar-refractivity contribution >= 4 is 11.9 Å². The highest BCUT2D eigenvalue weighted by molar-refractivity contribution is 5.85. The third kappa shape index (κ3) is 4.83. The largest absolute Gasteiger partial charge is 0.354 e. The molecule has 130 valence electrons. The smallest absolute Gasteiger partial charge is 0.243 e. The Hall–Kier alpha value is -1.30. The molecule has 1 saturated heterocycles. The first kappa shape index (κ1) is 16.6. The van der Waals surface area contributed by atoms with E-state index in [1.165, 1.54) is 51.5 Å². The second-order valence-corrected chi connectivity index (χ2v) is 7.43. The van der Waals surface area contributed by atoms with Crippen LogP contribution in [0.15, 0.2) is 4.99 Å². The molecule has 0 aromatic carbocycles. The van der Waals surface area contributed by atoms with Gasteiger partial charge in [0, 0.05) is 45.3 Å². The van der Waals surface area contributed by atoms with Gasteiger partial charge in [0.2, 0.25) is 5.91 Å². The molecule has 0 radical (unpaired) electrons. The average molecular weight is 321 g/mol. The van der Waals surface area contributed by atoms with Gasteiger partial charge in [-0.2, -0.15) is 0 Å². The van der Waals surface area contributed by atoms with Crippen molar-refractivity contribution in [2.45, 2.75) is 63.1 Å². The molecule has 0 bridgehead atoms. The summed E-state index contributed by atoms with van der Waals surface area (Å²) >= 11 is 0. The molecule has 2 saturated carbocycles. The first-order chi connectivity index (χ1) is 11.1. The standard InChI is InChI=1S/C17H31N5O/c1-21(2)16(23)11-18-17(19-13-7-8-13)20-14-9-10-22(12-14)15-5-3-4-6-15/h13-15H,3-12H2,1-2H3,(H2,18,19,20). The van der Waals surface area contributed by atoms with Crippen LogP contribution in [-0.2, 0) is 4.79 Å². The number of likely N-dealkylation sites (tertiary alicyclic amines) is 1. The molecule has 0 aromatic rings. The third-order valence-corrected chi connectivity index (χ3v) is 5.19. The van der Waals surface area contributed by atoms with Crippen LogP contribution in [0.25, 0.3) is 0 Å². The van der Waals surface area contributed by atoms with Gasteiger partial charge in [-0.25, -0.2) is 4.99 Å². The van der Waals surface area contributed by atoms with Gasteiger partial charge in [0.25, 0.3) is 0 Å². The lowest BCUT2D eigenvalue weighted by Gasteiger charge is -2.24. The summed E-state index contributed by atoms with van der Waals surface area (Å²) in [4.78, 5) is 20.5. The number of guanidine groups is 1.